The predicted molar refractivity (Wildman–Crippen MR) is 91.9 cm³/mol. The lowest BCUT2D eigenvalue weighted by molar-refractivity contribution is -0.108. The monoisotopic (exact) mass is 335 g/mol. The largest absolute Gasteiger partial charge is 0.343 e. The molecule has 0 aliphatic carbocycles. The van der Waals surface area contributed by atoms with E-state index in [9.17, 15) is 9.36 Å². The molecule has 2 aromatic rings. The molecule has 0 spiro atoms. The van der Waals surface area contributed by atoms with Crippen LogP contribution in [0.2, 0.25) is 0 Å². The molecule has 0 unspecified atom stereocenters. The van der Waals surface area contributed by atoms with Crippen LogP contribution in [-0.2, 0) is 25.0 Å². The van der Waals surface area contributed by atoms with Crippen LogP contribution in [-0.4, -0.2) is 25.1 Å². The lowest BCUT2D eigenvalue weighted by atomic mass is 10.1. The van der Waals surface area contributed by atoms with E-state index in [4.69, 9.17) is 9.05 Å². The Kier molecular flexibility index (Phi) is 5.58. The van der Waals surface area contributed by atoms with Crippen molar-refractivity contribution < 1.29 is 18.4 Å². The van der Waals surface area contributed by atoms with E-state index in [0.29, 0.717) is 6.54 Å². The van der Waals surface area contributed by atoms with Gasteiger partial charge in [0, 0.05) is 44.3 Å². The first kappa shape index (κ1) is 17.7. The summed E-state index contributed by atoms with van der Waals surface area (Å²) in [6.07, 6.45) is 4.52. The number of aromatic nitrogens is 1. The maximum absolute atomic E-state index is 12.9. The number of carbonyl (C=O) groups is 1. The quantitative estimate of drug-likeness (QED) is 0.411. The van der Waals surface area contributed by atoms with E-state index in [0.717, 1.165) is 28.3 Å². The van der Waals surface area contributed by atoms with Crippen LogP contribution in [0.15, 0.2) is 37.1 Å². The molecule has 0 saturated carbocycles. The van der Waals surface area contributed by atoms with Crippen molar-refractivity contribution in [2.24, 2.45) is 0 Å². The van der Waals surface area contributed by atoms with Crippen molar-refractivity contribution in [3.63, 3.8) is 0 Å². The van der Waals surface area contributed by atoms with Crippen molar-refractivity contribution in [2.45, 2.75) is 25.5 Å². The number of allylic oxidation sites excluding steroid dienone is 1. The molecule has 0 bridgehead atoms. The molecule has 1 atom stereocenters. The van der Waals surface area contributed by atoms with Crippen LogP contribution in [0.1, 0.15) is 23.2 Å². The van der Waals surface area contributed by atoms with Gasteiger partial charge in [0.2, 0.25) is 0 Å². The number of hydrogen-bond donors (Lipinski definition) is 0. The third-order valence-corrected chi connectivity index (χ3v) is 6.23. The van der Waals surface area contributed by atoms with Gasteiger partial charge in [0.05, 0.1) is 5.66 Å². The van der Waals surface area contributed by atoms with Crippen LogP contribution in [0, 0.1) is 6.92 Å². The normalized spacial score (nSPS) is 13.2. The van der Waals surface area contributed by atoms with Gasteiger partial charge in [-0.2, -0.15) is 0 Å². The molecule has 0 N–H and O–H groups in total. The first-order valence-corrected chi connectivity index (χ1v) is 8.97. The molecule has 0 aliphatic rings. The van der Waals surface area contributed by atoms with Gasteiger partial charge >= 0.3 is 7.60 Å². The highest BCUT2D eigenvalue weighted by atomic mass is 31.2. The fourth-order valence-corrected chi connectivity index (χ4v) is 4.39. The van der Waals surface area contributed by atoms with Crippen molar-refractivity contribution in [3.05, 3.63) is 48.2 Å². The zero-order chi connectivity index (χ0) is 17.0. The number of aldehydes is 1. The lowest BCUT2D eigenvalue weighted by Crippen LogP contribution is -2.04. The Labute approximate surface area is 136 Å². The minimum atomic E-state index is -3.43. The fourth-order valence-electron chi connectivity index (χ4n) is 2.84. The standard InChI is InChI=1S/C17H22NO4P/c1-5-9-18-12-15(14-11-13(2)6-7-16(14)18)17(8-10-19)23(20,21-3)22-4/h5-7,10-12,17H,1,8-9H2,2-4H3/t17-/m1/s1. The fraction of sp³-hybridized carbons (Fsp3) is 0.353. The SMILES string of the molecule is C=CCn1cc([C@@H](CC=O)P(=O)(OC)OC)c2cc(C)ccc21. The number of nitrogens with zero attached hydrogens (tertiary/aromatic N) is 1. The highest BCUT2D eigenvalue weighted by Gasteiger charge is 2.37. The molecule has 124 valence electrons. The summed E-state index contributed by atoms with van der Waals surface area (Å²) in [5.74, 6) is 0. The molecule has 0 saturated heterocycles. The Morgan fingerprint density at radius 3 is 2.61 bits per heavy atom. The number of benzene rings is 1. The van der Waals surface area contributed by atoms with Crippen molar-refractivity contribution >= 4 is 24.8 Å². The summed E-state index contributed by atoms with van der Waals surface area (Å²) in [6, 6.07) is 6.06. The summed E-state index contributed by atoms with van der Waals surface area (Å²) in [5, 5.41) is 0.952. The maximum Gasteiger partial charge on any atom is 0.338 e. The van der Waals surface area contributed by atoms with Gasteiger partial charge in [-0.05, 0) is 24.6 Å². The van der Waals surface area contributed by atoms with E-state index < -0.39 is 13.3 Å². The van der Waals surface area contributed by atoms with Gasteiger partial charge < -0.3 is 18.4 Å². The minimum absolute atomic E-state index is 0.0695. The van der Waals surface area contributed by atoms with Crippen molar-refractivity contribution in [2.75, 3.05) is 14.2 Å². The second kappa shape index (κ2) is 7.26. The third kappa shape index (κ3) is 3.32. The van der Waals surface area contributed by atoms with Gasteiger partial charge in [-0.3, -0.25) is 4.57 Å². The minimum Gasteiger partial charge on any atom is -0.343 e. The number of rotatable bonds is 8. The van der Waals surface area contributed by atoms with Gasteiger partial charge in [-0.15, -0.1) is 6.58 Å². The van der Waals surface area contributed by atoms with Gasteiger partial charge in [-0.25, -0.2) is 0 Å². The van der Waals surface area contributed by atoms with E-state index in [1.165, 1.54) is 14.2 Å². The molecule has 1 aromatic heterocycles. The Morgan fingerprint density at radius 1 is 1.35 bits per heavy atom. The lowest BCUT2D eigenvalue weighted by Gasteiger charge is -2.22. The van der Waals surface area contributed by atoms with Gasteiger partial charge in [-0.1, -0.05) is 17.7 Å². The summed E-state index contributed by atoms with van der Waals surface area (Å²) in [6.45, 7) is 6.39. The summed E-state index contributed by atoms with van der Waals surface area (Å²) in [7, 11) is -0.738. The Hall–Kier alpha value is -1.68. The zero-order valence-electron chi connectivity index (χ0n) is 13.7. The highest BCUT2D eigenvalue weighted by Crippen LogP contribution is 2.62. The van der Waals surface area contributed by atoms with E-state index in [1.54, 1.807) is 6.08 Å². The van der Waals surface area contributed by atoms with Crippen LogP contribution < -0.4 is 0 Å². The highest BCUT2D eigenvalue weighted by molar-refractivity contribution is 7.54. The molecule has 5 nitrogen and oxygen atoms in total. The Balaban J connectivity index is 2.72. The molecule has 6 heteroatoms. The van der Waals surface area contributed by atoms with Gasteiger partial charge in [0.1, 0.15) is 6.29 Å². The van der Waals surface area contributed by atoms with Crippen LogP contribution in [0.3, 0.4) is 0 Å². The summed E-state index contributed by atoms with van der Waals surface area (Å²) in [5.41, 5.74) is 2.25. The van der Waals surface area contributed by atoms with Gasteiger partial charge in [0.25, 0.3) is 0 Å². The van der Waals surface area contributed by atoms with Gasteiger partial charge in [0.15, 0.2) is 0 Å². The van der Waals surface area contributed by atoms with Crippen molar-refractivity contribution in [1.29, 1.82) is 0 Å². The molecule has 2 rings (SSSR count). The smallest absolute Gasteiger partial charge is 0.338 e. The van der Waals surface area contributed by atoms with Crippen LogP contribution in [0.4, 0.5) is 0 Å². The van der Waals surface area contributed by atoms with Crippen LogP contribution in [0.5, 0.6) is 0 Å². The summed E-state index contributed by atoms with van der Waals surface area (Å²) in [4.78, 5) is 11.1. The average molecular weight is 335 g/mol. The molecular weight excluding hydrogens is 313 g/mol. The number of hydrogen-bond acceptors (Lipinski definition) is 4. The average Bonchev–Trinajstić information content (AvgIpc) is 2.89. The molecule has 0 aliphatic heterocycles. The van der Waals surface area contributed by atoms with E-state index in [2.05, 4.69) is 6.58 Å². The van der Waals surface area contributed by atoms with Crippen molar-refractivity contribution in [3.8, 4) is 0 Å². The Bertz CT molecular complexity index is 757. The summed E-state index contributed by atoms with van der Waals surface area (Å²) < 4.78 is 25.2. The Morgan fingerprint density at radius 2 is 2.04 bits per heavy atom. The second-order valence-corrected chi connectivity index (χ2v) is 7.80. The molecular formula is C17H22NO4P. The molecule has 0 amide bonds. The number of fused-ring (bicyclic) bond motifs is 1. The molecule has 23 heavy (non-hydrogen) atoms. The van der Waals surface area contributed by atoms with Crippen LogP contribution in [0.25, 0.3) is 10.9 Å². The number of carbonyl (C=O) groups excluding carboxylic acids is 1. The van der Waals surface area contributed by atoms with Crippen LogP contribution >= 0.6 is 7.60 Å². The summed E-state index contributed by atoms with van der Waals surface area (Å²) >= 11 is 0. The zero-order valence-corrected chi connectivity index (χ0v) is 14.6. The molecule has 1 aromatic carbocycles. The van der Waals surface area contributed by atoms with E-state index >= 15 is 0 Å². The first-order chi connectivity index (χ1) is 11.0. The molecule has 1 heterocycles. The maximum atomic E-state index is 12.9. The third-order valence-electron chi connectivity index (χ3n) is 3.96. The molecule has 0 radical (unpaired) electrons. The van der Waals surface area contributed by atoms with E-state index in [1.807, 2.05) is 35.9 Å². The first-order valence-electron chi connectivity index (χ1n) is 7.35. The van der Waals surface area contributed by atoms with Crippen molar-refractivity contribution in [1.82, 2.24) is 4.57 Å². The second-order valence-electron chi connectivity index (χ2n) is 5.37. The topological polar surface area (TPSA) is 57.5 Å². The molecule has 0 fully saturated rings. The van der Waals surface area contributed by atoms with E-state index in [-0.39, 0.29) is 6.42 Å². The number of aryl methyl sites for hydroxylation is 1. The predicted octanol–water partition coefficient (Wildman–Crippen LogP) is 4.25.